The van der Waals surface area contributed by atoms with Gasteiger partial charge in [-0.15, -0.1) is 4.61 Å². The molecule has 0 saturated carbocycles. The predicted octanol–water partition coefficient (Wildman–Crippen LogP) is 5.43. The summed E-state index contributed by atoms with van der Waals surface area (Å²) in [5, 5.41) is 1.72. The van der Waals surface area contributed by atoms with Crippen molar-refractivity contribution in [3.8, 4) is 0 Å². The number of carbonyl (C=O) groups excluding carboxylic acids is 1. The molecule has 0 aliphatic carbocycles. The fraction of sp³-hybridized carbons (Fsp3) is 0.316. The second-order valence-electron chi connectivity index (χ2n) is 6.92. The summed E-state index contributed by atoms with van der Waals surface area (Å²) in [6, 6.07) is 6.92. The molecule has 3 rings (SSSR count). The van der Waals surface area contributed by atoms with Crippen LogP contribution in [-0.2, 0) is 16.6 Å². The zero-order chi connectivity index (χ0) is 23.0. The first-order valence-corrected chi connectivity index (χ1v) is 10.4. The van der Waals surface area contributed by atoms with Gasteiger partial charge in [0, 0.05) is 31.6 Å². The van der Waals surface area contributed by atoms with Crippen LogP contribution in [0.2, 0.25) is 5.02 Å². The standard InChI is InChI=1S/C19H15ClF5N3O2S/c20-15-9-13(17(29)27-11-2-1-3-12(8-11)31(26)30)16(10-14(15)19(23,24)25)28-6-4-18(21,22)5-7-28/h1-3,8-10H,4-7H2,(H,27,29). The minimum Gasteiger partial charge on any atom is -0.370 e. The Balaban J connectivity index is 2.01. The van der Waals surface area contributed by atoms with Gasteiger partial charge in [-0.2, -0.15) is 17.4 Å². The molecule has 1 saturated heterocycles. The number of hydrogen-bond acceptors (Lipinski definition) is 4. The Morgan fingerprint density at radius 1 is 1.16 bits per heavy atom. The summed E-state index contributed by atoms with van der Waals surface area (Å²) >= 11 is 5.77. The zero-order valence-corrected chi connectivity index (χ0v) is 17.3. The maximum absolute atomic E-state index is 13.5. The lowest BCUT2D eigenvalue weighted by Crippen LogP contribution is -2.40. The van der Waals surface area contributed by atoms with Crippen LogP contribution >= 0.6 is 11.6 Å². The molecule has 0 radical (unpaired) electrons. The molecule has 0 spiro atoms. The molecule has 1 fully saturated rings. The molecule has 12 heteroatoms. The summed E-state index contributed by atoms with van der Waals surface area (Å²) in [4.78, 5) is 14.1. The minimum absolute atomic E-state index is 0.00161. The molecular weight excluding hydrogens is 465 g/mol. The molecular formula is C19H15ClF5N3O2S. The van der Waals surface area contributed by atoms with Crippen molar-refractivity contribution >= 4 is 39.3 Å². The van der Waals surface area contributed by atoms with Crippen molar-refractivity contribution in [3.05, 3.63) is 52.5 Å². The van der Waals surface area contributed by atoms with E-state index < -0.39 is 51.9 Å². The number of carbonyl (C=O) groups is 1. The molecule has 1 heterocycles. The first kappa shape index (κ1) is 23.1. The Morgan fingerprint density at radius 3 is 2.39 bits per heavy atom. The molecule has 31 heavy (non-hydrogen) atoms. The number of halogens is 6. The second-order valence-corrected chi connectivity index (χ2v) is 8.30. The van der Waals surface area contributed by atoms with Gasteiger partial charge in [-0.25, -0.2) is 8.78 Å². The van der Waals surface area contributed by atoms with Gasteiger partial charge in [-0.1, -0.05) is 17.7 Å². The molecule has 2 aromatic rings. The lowest BCUT2D eigenvalue weighted by atomic mass is 10.0. The molecule has 0 bridgehead atoms. The van der Waals surface area contributed by atoms with E-state index in [1.165, 1.54) is 29.2 Å². The Hall–Kier alpha value is -2.62. The number of hydrogen-bond donors (Lipinski definition) is 1. The zero-order valence-electron chi connectivity index (χ0n) is 15.7. The van der Waals surface area contributed by atoms with E-state index in [2.05, 4.69) is 5.32 Å². The van der Waals surface area contributed by atoms with E-state index in [1.54, 1.807) is 0 Å². The number of nitrogens with one attached hydrogen (secondary N) is 1. The van der Waals surface area contributed by atoms with Gasteiger partial charge in [0.25, 0.3) is 11.8 Å². The normalized spacial score (nSPS) is 16.1. The lowest BCUT2D eigenvalue weighted by molar-refractivity contribution is -0.137. The largest absolute Gasteiger partial charge is 0.417 e. The van der Waals surface area contributed by atoms with E-state index in [4.69, 9.17) is 16.2 Å². The number of alkyl halides is 5. The molecule has 1 amide bonds. The quantitative estimate of drug-likeness (QED) is 0.595. The first-order valence-electron chi connectivity index (χ1n) is 8.93. The van der Waals surface area contributed by atoms with Crippen LogP contribution in [0.5, 0.6) is 0 Å². The van der Waals surface area contributed by atoms with Crippen molar-refractivity contribution in [2.45, 2.75) is 29.8 Å². The van der Waals surface area contributed by atoms with Crippen LogP contribution in [0.3, 0.4) is 0 Å². The van der Waals surface area contributed by atoms with E-state index in [1.807, 2.05) is 0 Å². The molecule has 0 atom stereocenters. The highest BCUT2D eigenvalue weighted by molar-refractivity contribution is 7.71. The van der Waals surface area contributed by atoms with E-state index in [-0.39, 0.29) is 34.9 Å². The maximum atomic E-state index is 13.5. The van der Waals surface area contributed by atoms with Crippen LogP contribution in [-0.4, -0.2) is 29.1 Å². The van der Waals surface area contributed by atoms with Crippen molar-refractivity contribution in [1.82, 2.24) is 0 Å². The van der Waals surface area contributed by atoms with Gasteiger partial charge in [0.05, 0.1) is 26.7 Å². The third kappa shape index (κ3) is 5.36. The van der Waals surface area contributed by atoms with Crippen molar-refractivity contribution < 1.29 is 31.0 Å². The summed E-state index contributed by atoms with van der Waals surface area (Å²) in [5.74, 6) is -3.78. The minimum atomic E-state index is -4.81. The number of piperidine rings is 1. The van der Waals surface area contributed by atoms with Gasteiger partial charge in [0.15, 0.2) is 10.4 Å². The Labute approximate surface area is 180 Å². The van der Waals surface area contributed by atoms with Crippen LogP contribution in [0.25, 0.3) is 0 Å². The van der Waals surface area contributed by atoms with E-state index in [0.29, 0.717) is 6.07 Å². The summed E-state index contributed by atoms with van der Waals surface area (Å²) in [7, 11) is -2.31. The smallest absolute Gasteiger partial charge is 0.370 e. The monoisotopic (exact) mass is 479 g/mol. The SMILES string of the molecule is N#S(=O)c1cccc(NC(=O)c2cc(Cl)c(C(F)(F)F)cc2N2CCC(F)(F)CC2)c1. The molecule has 1 aliphatic rings. The van der Waals surface area contributed by atoms with Gasteiger partial charge in [0.1, 0.15) is 0 Å². The van der Waals surface area contributed by atoms with Crippen molar-refractivity contribution in [3.63, 3.8) is 0 Å². The fourth-order valence-electron chi connectivity index (χ4n) is 3.18. The predicted molar refractivity (Wildman–Crippen MR) is 105 cm³/mol. The third-order valence-corrected chi connectivity index (χ3v) is 5.73. The molecule has 2 aromatic carbocycles. The Bertz CT molecular complexity index is 1140. The van der Waals surface area contributed by atoms with Gasteiger partial charge in [0.2, 0.25) is 0 Å². The van der Waals surface area contributed by atoms with Crippen LogP contribution < -0.4 is 10.2 Å². The number of rotatable bonds is 3. The van der Waals surface area contributed by atoms with Crippen molar-refractivity contribution in [2.24, 2.45) is 0 Å². The molecule has 0 aromatic heterocycles. The molecule has 0 unspecified atom stereocenters. The van der Waals surface area contributed by atoms with Crippen molar-refractivity contribution in [1.29, 1.82) is 4.61 Å². The molecule has 1 aliphatic heterocycles. The van der Waals surface area contributed by atoms with Gasteiger partial charge in [-0.3, -0.25) is 4.79 Å². The van der Waals surface area contributed by atoms with Crippen LogP contribution in [0, 0.1) is 4.61 Å². The van der Waals surface area contributed by atoms with E-state index >= 15 is 0 Å². The van der Waals surface area contributed by atoms with Crippen LogP contribution in [0.4, 0.5) is 33.3 Å². The van der Waals surface area contributed by atoms with Crippen molar-refractivity contribution in [2.75, 3.05) is 23.3 Å². The summed E-state index contributed by atoms with van der Waals surface area (Å²) in [6.07, 6.45) is -5.94. The topological polar surface area (TPSA) is 73.2 Å². The molecule has 5 nitrogen and oxygen atoms in total. The third-order valence-electron chi connectivity index (χ3n) is 4.76. The Morgan fingerprint density at radius 2 is 1.81 bits per heavy atom. The summed E-state index contributed by atoms with van der Waals surface area (Å²) in [5.41, 5.74) is -1.47. The average Bonchev–Trinajstić information content (AvgIpc) is 2.67. The second kappa shape index (κ2) is 8.49. The average molecular weight is 480 g/mol. The van der Waals surface area contributed by atoms with E-state index in [0.717, 1.165) is 6.07 Å². The van der Waals surface area contributed by atoms with Crippen LogP contribution in [0.1, 0.15) is 28.8 Å². The van der Waals surface area contributed by atoms with Gasteiger partial charge >= 0.3 is 6.18 Å². The van der Waals surface area contributed by atoms with Gasteiger partial charge < -0.3 is 10.2 Å². The van der Waals surface area contributed by atoms with Crippen LogP contribution in [0.15, 0.2) is 41.3 Å². The Kier molecular flexibility index (Phi) is 6.31. The number of benzene rings is 2. The lowest BCUT2D eigenvalue weighted by Gasteiger charge is -2.34. The summed E-state index contributed by atoms with van der Waals surface area (Å²) in [6.45, 7) is -0.490. The maximum Gasteiger partial charge on any atom is 0.417 e. The molecule has 166 valence electrons. The highest BCUT2D eigenvalue weighted by Crippen LogP contribution is 2.40. The number of nitrogens with zero attached hydrogens (tertiary/aromatic N) is 2. The fourth-order valence-corrected chi connectivity index (χ4v) is 3.87. The highest BCUT2D eigenvalue weighted by atomic mass is 35.5. The first-order chi connectivity index (χ1) is 14.4. The number of amides is 1. The highest BCUT2D eigenvalue weighted by Gasteiger charge is 2.38. The molecule has 1 N–H and O–H groups in total. The van der Waals surface area contributed by atoms with E-state index in [9.17, 15) is 31.0 Å². The summed E-state index contributed by atoms with van der Waals surface area (Å²) < 4.78 is 87.4. The van der Waals surface area contributed by atoms with Gasteiger partial charge in [-0.05, 0) is 30.3 Å². The number of anilines is 2.